The molecule has 118 valence electrons. The summed E-state index contributed by atoms with van der Waals surface area (Å²) in [6.45, 7) is -0.894. The first-order chi connectivity index (χ1) is 9.85. The molecule has 1 aliphatic carbocycles. The van der Waals surface area contributed by atoms with Crippen molar-refractivity contribution in [1.29, 1.82) is 0 Å². The summed E-state index contributed by atoms with van der Waals surface area (Å²) in [6, 6.07) is 5.50. The molecular weight excluding hydrogens is 281 g/mol. The van der Waals surface area contributed by atoms with Crippen molar-refractivity contribution in [3.05, 3.63) is 29.3 Å². The first-order valence-electron chi connectivity index (χ1n) is 6.97. The van der Waals surface area contributed by atoms with E-state index in [9.17, 15) is 13.2 Å². The molecule has 0 heterocycles. The van der Waals surface area contributed by atoms with E-state index in [1.807, 2.05) is 18.2 Å². The maximum absolute atomic E-state index is 12.6. The zero-order valence-corrected chi connectivity index (χ0v) is 12.5. The molecule has 3 nitrogen and oxygen atoms in total. The van der Waals surface area contributed by atoms with Crippen LogP contribution in [0.3, 0.4) is 0 Å². The number of halogens is 3. The largest absolute Gasteiger partial charge is 0.497 e. The number of aryl methyl sites for hydroxylation is 1. The van der Waals surface area contributed by atoms with Crippen LogP contribution in [0.4, 0.5) is 13.2 Å². The van der Waals surface area contributed by atoms with Gasteiger partial charge in [-0.15, -0.1) is 0 Å². The minimum absolute atomic E-state index is 0.129. The van der Waals surface area contributed by atoms with Crippen molar-refractivity contribution in [2.45, 2.75) is 31.1 Å². The highest BCUT2D eigenvalue weighted by atomic mass is 19.4. The van der Waals surface area contributed by atoms with E-state index < -0.39 is 12.7 Å². The number of alkyl halides is 3. The maximum Gasteiger partial charge on any atom is 0.401 e. The molecule has 0 saturated carbocycles. The van der Waals surface area contributed by atoms with Crippen molar-refractivity contribution >= 4 is 0 Å². The second-order valence-corrected chi connectivity index (χ2v) is 5.47. The van der Waals surface area contributed by atoms with Crippen molar-refractivity contribution in [2.75, 3.05) is 27.7 Å². The summed E-state index contributed by atoms with van der Waals surface area (Å²) >= 11 is 0. The Bertz CT molecular complexity index is 490. The fraction of sp³-hybridized carbons (Fsp3) is 0.600. The molecule has 1 N–H and O–H groups in total. The van der Waals surface area contributed by atoms with Crippen LogP contribution in [0.2, 0.25) is 0 Å². The van der Waals surface area contributed by atoms with Gasteiger partial charge in [0, 0.05) is 12.1 Å². The van der Waals surface area contributed by atoms with Crippen LogP contribution in [-0.4, -0.2) is 44.9 Å². The Hall–Kier alpha value is -1.27. The summed E-state index contributed by atoms with van der Waals surface area (Å²) in [5, 5.41) is 3.16. The maximum atomic E-state index is 12.6. The number of benzene rings is 1. The quantitative estimate of drug-likeness (QED) is 0.925. The first-order valence-corrected chi connectivity index (χ1v) is 6.97. The Morgan fingerprint density at radius 1 is 1.38 bits per heavy atom. The van der Waals surface area contributed by atoms with Crippen molar-refractivity contribution < 1.29 is 17.9 Å². The van der Waals surface area contributed by atoms with E-state index in [0.29, 0.717) is 6.42 Å². The predicted molar refractivity (Wildman–Crippen MR) is 75.6 cm³/mol. The lowest BCUT2D eigenvalue weighted by atomic mass is 9.83. The Balaban J connectivity index is 2.26. The molecule has 0 spiro atoms. The van der Waals surface area contributed by atoms with E-state index in [1.165, 1.54) is 17.5 Å². The Morgan fingerprint density at radius 3 is 2.67 bits per heavy atom. The highest BCUT2D eigenvalue weighted by Gasteiger charge is 2.37. The lowest BCUT2D eigenvalue weighted by Crippen LogP contribution is -2.47. The zero-order valence-electron chi connectivity index (χ0n) is 12.5. The second kappa shape index (κ2) is 6.23. The summed E-state index contributed by atoms with van der Waals surface area (Å²) in [5.74, 6) is 0.730. The van der Waals surface area contributed by atoms with Crippen molar-refractivity contribution in [3.8, 4) is 5.75 Å². The van der Waals surface area contributed by atoms with Crippen molar-refractivity contribution in [1.82, 2.24) is 10.2 Å². The molecular formula is C15H21F3N2O. The second-order valence-electron chi connectivity index (χ2n) is 5.47. The standard InChI is InChI=1S/C15H21F3N2O/c1-19-14-12-8-11(21-3)6-4-10(12)5-7-13(14)20(2)9-15(16,17)18/h4,6,8,13-14,19H,5,7,9H2,1-3H3. The molecule has 1 aromatic rings. The van der Waals surface area contributed by atoms with Gasteiger partial charge in [-0.05, 0) is 50.2 Å². The molecule has 0 radical (unpaired) electrons. The lowest BCUT2D eigenvalue weighted by Gasteiger charge is -2.39. The molecule has 21 heavy (non-hydrogen) atoms. The molecule has 2 atom stereocenters. The summed E-state index contributed by atoms with van der Waals surface area (Å²) in [5.41, 5.74) is 2.20. The van der Waals surface area contributed by atoms with Crippen LogP contribution in [0.15, 0.2) is 18.2 Å². The van der Waals surface area contributed by atoms with Crippen LogP contribution < -0.4 is 10.1 Å². The Kier molecular flexibility index (Phi) is 4.78. The third-order valence-corrected chi connectivity index (χ3v) is 4.09. The number of methoxy groups -OCH3 is 1. The van der Waals surface area contributed by atoms with Crippen LogP contribution in [0.5, 0.6) is 5.75 Å². The van der Waals surface area contributed by atoms with Crippen LogP contribution in [0, 0.1) is 0 Å². The number of rotatable bonds is 4. The van der Waals surface area contributed by atoms with Gasteiger partial charge in [0.05, 0.1) is 13.7 Å². The molecule has 2 unspecified atom stereocenters. The van der Waals surface area contributed by atoms with Gasteiger partial charge in [-0.1, -0.05) is 6.07 Å². The molecule has 1 aliphatic rings. The highest BCUT2D eigenvalue weighted by Crippen LogP contribution is 2.35. The Morgan fingerprint density at radius 2 is 2.10 bits per heavy atom. The minimum atomic E-state index is -4.18. The van der Waals surface area contributed by atoms with Gasteiger partial charge in [-0.25, -0.2) is 0 Å². The van der Waals surface area contributed by atoms with E-state index in [-0.39, 0.29) is 12.1 Å². The average molecular weight is 302 g/mol. The van der Waals surface area contributed by atoms with Gasteiger partial charge in [0.2, 0.25) is 0 Å². The van der Waals surface area contributed by atoms with Crippen LogP contribution in [0.25, 0.3) is 0 Å². The van der Waals surface area contributed by atoms with Gasteiger partial charge in [-0.3, -0.25) is 4.90 Å². The van der Waals surface area contributed by atoms with Gasteiger partial charge in [0.15, 0.2) is 0 Å². The fourth-order valence-corrected chi connectivity index (χ4v) is 3.12. The van der Waals surface area contributed by atoms with Gasteiger partial charge in [-0.2, -0.15) is 13.2 Å². The molecule has 0 aliphatic heterocycles. The number of ether oxygens (including phenoxy) is 1. The minimum Gasteiger partial charge on any atom is -0.497 e. The Labute approximate surface area is 123 Å². The number of nitrogens with zero attached hydrogens (tertiary/aromatic N) is 1. The van der Waals surface area contributed by atoms with Crippen LogP contribution in [-0.2, 0) is 6.42 Å². The molecule has 0 saturated heterocycles. The molecule has 6 heteroatoms. The van der Waals surface area contributed by atoms with Gasteiger partial charge < -0.3 is 10.1 Å². The normalized spacial score (nSPS) is 22.2. The highest BCUT2D eigenvalue weighted by molar-refractivity contribution is 5.40. The van der Waals surface area contributed by atoms with E-state index in [4.69, 9.17) is 4.74 Å². The summed E-state index contributed by atoms with van der Waals surface area (Å²) in [6.07, 6.45) is -2.69. The predicted octanol–water partition coefficient (Wildman–Crippen LogP) is 2.76. The van der Waals surface area contributed by atoms with Crippen molar-refractivity contribution in [3.63, 3.8) is 0 Å². The lowest BCUT2D eigenvalue weighted by molar-refractivity contribution is -0.149. The van der Waals surface area contributed by atoms with E-state index in [1.54, 1.807) is 14.2 Å². The molecule has 0 fully saturated rings. The number of hydrogen-bond donors (Lipinski definition) is 1. The number of likely N-dealkylation sites (N-methyl/N-ethyl adjacent to an activating group) is 2. The number of nitrogens with one attached hydrogen (secondary N) is 1. The summed E-state index contributed by atoms with van der Waals surface area (Å²) < 4.78 is 43.1. The topological polar surface area (TPSA) is 24.5 Å². The molecule has 0 amide bonds. The van der Waals surface area contributed by atoms with Crippen LogP contribution >= 0.6 is 0 Å². The summed E-state index contributed by atoms with van der Waals surface area (Å²) in [7, 11) is 4.91. The van der Waals surface area contributed by atoms with Gasteiger partial charge in [0.25, 0.3) is 0 Å². The SMILES string of the molecule is CNC1c2cc(OC)ccc2CCC1N(C)CC(F)(F)F. The van der Waals surface area contributed by atoms with Gasteiger partial charge in [0.1, 0.15) is 5.75 Å². The summed E-state index contributed by atoms with van der Waals surface area (Å²) in [4.78, 5) is 1.39. The third-order valence-electron chi connectivity index (χ3n) is 4.09. The smallest absolute Gasteiger partial charge is 0.401 e. The first kappa shape index (κ1) is 16.1. The van der Waals surface area contributed by atoms with Gasteiger partial charge >= 0.3 is 6.18 Å². The molecule has 0 aromatic heterocycles. The molecule has 1 aromatic carbocycles. The number of hydrogen-bond acceptors (Lipinski definition) is 3. The van der Waals surface area contributed by atoms with E-state index in [0.717, 1.165) is 17.7 Å². The molecule has 2 rings (SSSR count). The van der Waals surface area contributed by atoms with E-state index >= 15 is 0 Å². The third kappa shape index (κ3) is 3.68. The van der Waals surface area contributed by atoms with Crippen molar-refractivity contribution in [2.24, 2.45) is 0 Å². The zero-order chi connectivity index (χ0) is 15.6. The average Bonchev–Trinajstić information content (AvgIpc) is 2.43. The number of fused-ring (bicyclic) bond motifs is 1. The molecule has 0 bridgehead atoms. The monoisotopic (exact) mass is 302 g/mol. The van der Waals surface area contributed by atoms with Crippen LogP contribution in [0.1, 0.15) is 23.6 Å². The van der Waals surface area contributed by atoms with E-state index in [2.05, 4.69) is 5.32 Å². The fourth-order valence-electron chi connectivity index (χ4n) is 3.12.